The van der Waals surface area contributed by atoms with Crippen LogP contribution in [0.2, 0.25) is 0 Å². The van der Waals surface area contributed by atoms with Crippen LogP contribution in [0.5, 0.6) is 0 Å². The van der Waals surface area contributed by atoms with Gasteiger partial charge in [0.2, 0.25) is 0 Å². The van der Waals surface area contributed by atoms with Gasteiger partial charge in [-0.3, -0.25) is 4.79 Å². The van der Waals surface area contributed by atoms with Crippen LogP contribution in [0.25, 0.3) is 0 Å². The molecule has 1 saturated heterocycles. The molecular formula is C15H17BrF3NO. The highest BCUT2D eigenvalue weighted by Crippen LogP contribution is 2.33. The predicted octanol–water partition coefficient (Wildman–Crippen LogP) is 4.30. The molecule has 1 aromatic rings. The molecule has 2 rings (SSSR count). The summed E-state index contributed by atoms with van der Waals surface area (Å²) >= 11 is 3.30. The normalized spacial score (nSPS) is 20.5. The molecule has 1 aromatic carbocycles. The van der Waals surface area contributed by atoms with E-state index in [1.165, 1.54) is 0 Å². The molecule has 0 aliphatic carbocycles. The van der Waals surface area contributed by atoms with E-state index >= 15 is 0 Å². The quantitative estimate of drug-likeness (QED) is 0.743. The standard InChI is InChI=1S/C15H17BrF3NO/c16-13-5-3-11(4-6-13)14(21)7-9-20-8-1-2-12(10-20)15(17,18)19/h3-6,12H,1-2,7-10H2. The molecule has 0 spiro atoms. The Labute approximate surface area is 130 Å². The summed E-state index contributed by atoms with van der Waals surface area (Å²) in [5.41, 5.74) is 0.600. The summed E-state index contributed by atoms with van der Waals surface area (Å²) in [6, 6.07) is 7.02. The second-order valence-electron chi connectivity index (χ2n) is 5.36. The minimum Gasteiger partial charge on any atom is -0.302 e. The van der Waals surface area contributed by atoms with E-state index in [2.05, 4.69) is 15.9 Å². The third-order valence-corrected chi connectivity index (χ3v) is 4.32. The molecule has 1 unspecified atom stereocenters. The fourth-order valence-electron chi connectivity index (χ4n) is 2.57. The van der Waals surface area contributed by atoms with E-state index in [1.54, 1.807) is 29.2 Å². The van der Waals surface area contributed by atoms with Crippen LogP contribution >= 0.6 is 15.9 Å². The molecule has 2 nitrogen and oxygen atoms in total. The Morgan fingerprint density at radius 3 is 2.57 bits per heavy atom. The number of carbonyl (C=O) groups excluding carboxylic acids is 1. The van der Waals surface area contributed by atoms with E-state index < -0.39 is 12.1 Å². The molecule has 1 atom stereocenters. The van der Waals surface area contributed by atoms with E-state index in [9.17, 15) is 18.0 Å². The van der Waals surface area contributed by atoms with Gasteiger partial charge in [-0.1, -0.05) is 28.1 Å². The lowest BCUT2D eigenvalue weighted by atomic mass is 9.97. The lowest BCUT2D eigenvalue weighted by Crippen LogP contribution is -2.42. The van der Waals surface area contributed by atoms with Gasteiger partial charge in [-0.15, -0.1) is 0 Å². The lowest BCUT2D eigenvalue weighted by Gasteiger charge is -2.33. The lowest BCUT2D eigenvalue weighted by molar-refractivity contribution is -0.186. The first kappa shape index (κ1) is 16.5. The second kappa shape index (κ2) is 6.92. The van der Waals surface area contributed by atoms with E-state index in [0.717, 1.165) is 4.47 Å². The number of likely N-dealkylation sites (tertiary alicyclic amines) is 1. The summed E-state index contributed by atoms with van der Waals surface area (Å²) in [6.45, 7) is 1.04. The average Bonchev–Trinajstić information content (AvgIpc) is 2.45. The molecule has 6 heteroatoms. The fourth-order valence-corrected chi connectivity index (χ4v) is 2.83. The maximum atomic E-state index is 12.7. The molecule has 0 saturated carbocycles. The van der Waals surface area contributed by atoms with E-state index in [-0.39, 0.29) is 25.2 Å². The molecule has 21 heavy (non-hydrogen) atoms. The molecule has 1 heterocycles. The molecule has 116 valence electrons. The first-order chi connectivity index (χ1) is 9.86. The Bertz CT molecular complexity index is 487. The predicted molar refractivity (Wildman–Crippen MR) is 78.3 cm³/mol. The maximum Gasteiger partial charge on any atom is 0.393 e. The van der Waals surface area contributed by atoms with Gasteiger partial charge in [-0.25, -0.2) is 0 Å². The largest absolute Gasteiger partial charge is 0.393 e. The van der Waals surface area contributed by atoms with Crippen LogP contribution in [0.15, 0.2) is 28.7 Å². The molecule has 0 radical (unpaired) electrons. The van der Waals surface area contributed by atoms with Crippen LogP contribution < -0.4 is 0 Å². The molecule has 0 N–H and O–H groups in total. The topological polar surface area (TPSA) is 20.3 Å². The number of Topliss-reactive ketones (excluding diaryl/α,β-unsaturated/α-hetero) is 1. The van der Waals surface area contributed by atoms with Crippen LogP contribution in [-0.2, 0) is 0 Å². The zero-order valence-corrected chi connectivity index (χ0v) is 13.1. The Balaban J connectivity index is 1.85. The van der Waals surface area contributed by atoms with E-state index in [0.29, 0.717) is 25.1 Å². The van der Waals surface area contributed by atoms with Crippen LogP contribution in [0.1, 0.15) is 29.6 Å². The first-order valence-corrected chi connectivity index (χ1v) is 7.73. The average molecular weight is 364 g/mol. The number of benzene rings is 1. The molecule has 1 aliphatic heterocycles. The van der Waals surface area contributed by atoms with Crippen LogP contribution in [0.4, 0.5) is 13.2 Å². The Morgan fingerprint density at radius 2 is 1.95 bits per heavy atom. The van der Waals surface area contributed by atoms with E-state index in [1.807, 2.05) is 0 Å². The molecule has 0 aromatic heterocycles. The van der Waals surface area contributed by atoms with Gasteiger partial charge >= 0.3 is 6.18 Å². The summed E-state index contributed by atoms with van der Waals surface area (Å²) in [4.78, 5) is 13.8. The third kappa shape index (κ3) is 4.81. The minimum atomic E-state index is -4.13. The summed E-state index contributed by atoms with van der Waals surface area (Å²) in [7, 11) is 0. The van der Waals surface area contributed by atoms with Crippen molar-refractivity contribution in [3.05, 3.63) is 34.3 Å². The Hall–Kier alpha value is -0.880. The van der Waals surface area contributed by atoms with Gasteiger partial charge < -0.3 is 4.90 Å². The maximum absolute atomic E-state index is 12.7. The molecule has 1 aliphatic rings. The third-order valence-electron chi connectivity index (χ3n) is 3.79. The minimum absolute atomic E-state index is 0.0110. The van der Waals surface area contributed by atoms with Crippen molar-refractivity contribution in [1.82, 2.24) is 4.90 Å². The fraction of sp³-hybridized carbons (Fsp3) is 0.533. The monoisotopic (exact) mass is 363 g/mol. The van der Waals surface area contributed by atoms with Gasteiger partial charge in [-0.2, -0.15) is 13.2 Å². The molecule has 1 fully saturated rings. The van der Waals surface area contributed by atoms with Crippen LogP contribution in [0, 0.1) is 5.92 Å². The summed E-state index contributed by atoms with van der Waals surface area (Å²) in [5.74, 6) is -1.29. The van der Waals surface area contributed by atoms with Gasteiger partial charge in [0, 0.05) is 29.5 Å². The zero-order chi connectivity index (χ0) is 15.5. The van der Waals surface area contributed by atoms with Gasteiger partial charge in [0.1, 0.15) is 0 Å². The number of halogens is 4. The van der Waals surface area contributed by atoms with Gasteiger partial charge in [0.25, 0.3) is 0 Å². The van der Waals surface area contributed by atoms with E-state index in [4.69, 9.17) is 0 Å². The number of nitrogens with zero attached hydrogens (tertiary/aromatic N) is 1. The SMILES string of the molecule is O=C(CCN1CCCC(C(F)(F)F)C1)c1ccc(Br)cc1. The second-order valence-corrected chi connectivity index (χ2v) is 6.28. The molecular weight excluding hydrogens is 347 g/mol. The highest BCUT2D eigenvalue weighted by molar-refractivity contribution is 9.10. The van der Waals surface area contributed by atoms with Crippen molar-refractivity contribution in [1.29, 1.82) is 0 Å². The smallest absolute Gasteiger partial charge is 0.302 e. The summed E-state index contributed by atoms with van der Waals surface area (Å²) < 4.78 is 39.0. The van der Waals surface area contributed by atoms with Gasteiger partial charge in [0.15, 0.2) is 5.78 Å². The summed E-state index contributed by atoms with van der Waals surface area (Å²) in [6.07, 6.45) is -3.14. The number of carbonyl (C=O) groups is 1. The zero-order valence-electron chi connectivity index (χ0n) is 11.5. The van der Waals surface area contributed by atoms with Crippen LogP contribution in [0.3, 0.4) is 0 Å². The van der Waals surface area contributed by atoms with Gasteiger partial charge in [0.05, 0.1) is 5.92 Å². The van der Waals surface area contributed by atoms with Crippen molar-refractivity contribution in [3.8, 4) is 0 Å². The van der Waals surface area contributed by atoms with Crippen LogP contribution in [-0.4, -0.2) is 36.5 Å². The highest BCUT2D eigenvalue weighted by Gasteiger charge is 2.41. The molecule has 0 amide bonds. The number of hydrogen-bond donors (Lipinski definition) is 0. The number of hydrogen-bond acceptors (Lipinski definition) is 2. The van der Waals surface area contributed by atoms with Crippen molar-refractivity contribution >= 4 is 21.7 Å². The van der Waals surface area contributed by atoms with Crippen molar-refractivity contribution < 1.29 is 18.0 Å². The number of rotatable bonds is 4. The summed E-state index contributed by atoms with van der Waals surface area (Å²) in [5, 5.41) is 0. The number of alkyl halides is 3. The first-order valence-electron chi connectivity index (χ1n) is 6.94. The van der Waals surface area contributed by atoms with Gasteiger partial charge in [-0.05, 0) is 31.5 Å². The van der Waals surface area contributed by atoms with Crippen molar-refractivity contribution in [2.75, 3.05) is 19.6 Å². The molecule has 0 bridgehead atoms. The Morgan fingerprint density at radius 1 is 1.29 bits per heavy atom. The van der Waals surface area contributed by atoms with Crippen molar-refractivity contribution in [3.63, 3.8) is 0 Å². The highest BCUT2D eigenvalue weighted by atomic mass is 79.9. The Kier molecular flexibility index (Phi) is 5.43. The number of ketones is 1. The van der Waals surface area contributed by atoms with Crippen molar-refractivity contribution in [2.24, 2.45) is 5.92 Å². The van der Waals surface area contributed by atoms with Crippen molar-refractivity contribution in [2.45, 2.75) is 25.4 Å². The number of piperidine rings is 1.